The number of aryl methyl sites for hydroxylation is 1. The molecule has 3 aromatic rings. The molecule has 0 saturated heterocycles. The largest absolute Gasteiger partial charge is 0.481 e. The quantitative estimate of drug-likeness (QED) is 0.668. The maximum Gasteiger partial charge on any atom is 0.266 e. The third kappa shape index (κ3) is 5.51. The van der Waals surface area contributed by atoms with E-state index < -0.39 is 11.9 Å². The maximum atomic E-state index is 13.2. The number of halogens is 1. The summed E-state index contributed by atoms with van der Waals surface area (Å²) >= 11 is 0. The maximum absolute atomic E-state index is 13.2. The summed E-state index contributed by atoms with van der Waals surface area (Å²) in [5, 5.41) is 7.07. The van der Waals surface area contributed by atoms with Gasteiger partial charge in [-0.2, -0.15) is 5.10 Å². The van der Waals surface area contributed by atoms with E-state index in [1.165, 1.54) is 28.9 Å². The van der Waals surface area contributed by atoms with Gasteiger partial charge in [0.25, 0.3) is 11.5 Å². The molecule has 1 heterocycles. The summed E-state index contributed by atoms with van der Waals surface area (Å²) < 4.78 is 19.9. The topological polar surface area (TPSA) is 73.2 Å². The second-order valence-corrected chi connectivity index (χ2v) is 6.65. The van der Waals surface area contributed by atoms with Crippen LogP contribution in [0.3, 0.4) is 0 Å². The van der Waals surface area contributed by atoms with Crippen LogP contribution in [0.15, 0.2) is 65.5 Å². The summed E-state index contributed by atoms with van der Waals surface area (Å²) in [6.07, 6.45) is -0.805. The summed E-state index contributed by atoms with van der Waals surface area (Å²) in [7, 11) is 0. The first kappa shape index (κ1) is 20.3. The van der Waals surface area contributed by atoms with E-state index in [0.29, 0.717) is 5.69 Å². The van der Waals surface area contributed by atoms with Crippen LogP contribution in [-0.2, 0) is 11.3 Å². The Labute approximate surface area is 168 Å². The molecule has 1 N–H and O–H groups in total. The molecule has 7 heteroatoms. The van der Waals surface area contributed by atoms with Crippen molar-refractivity contribution in [2.24, 2.45) is 0 Å². The lowest BCUT2D eigenvalue weighted by atomic mass is 10.1. The molecule has 0 aliphatic carbocycles. The van der Waals surface area contributed by atoms with Crippen molar-refractivity contribution in [1.82, 2.24) is 15.1 Å². The van der Waals surface area contributed by atoms with Crippen LogP contribution in [0.1, 0.15) is 12.5 Å². The van der Waals surface area contributed by atoms with Gasteiger partial charge in [-0.15, -0.1) is 0 Å². The van der Waals surface area contributed by atoms with Crippen molar-refractivity contribution >= 4 is 5.91 Å². The molecule has 29 heavy (non-hydrogen) atoms. The fourth-order valence-electron chi connectivity index (χ4n) is 2.71. The lowest BCUT2D eigenvalue weighted by Crippen LogP contribution is -2.39. The number of carbonyl (C=O) groups excluding carboxylic acids is 1. The highest BCUT2D eigenvalue weighted by atomic mass is 19.1. The second-order valence-electron chi connectivity index (χ2n) is 6.65. The highest BCUT2D eigenvalue weighted by Crippen LogP contribution is 2.16. The summed E-state index contributed by atoms with van der Waals surface area (Å²) in [6.45, 7) is 4.00. The number of hydrogen-bond donors (Lipinski definition) is 1. The smallest absolute Gasteiger partial charge is 0.266 e. The van der Waals surface area contributed by atoms with Gasteiger partial charge in [-0.05, 0) is 32.0 Å². The molecule has 0 spiro atoms. The van der Waals surface area contributed by atoms with Crippen molar-refractivity contribution in [1.29, 1.82) is 0 Å². The van der Waals surface area contributed by atoms with E-state index in [9.17, 15) is 14.0 Å². The Morgan fingerprint density at radius 2 is 1.93 bits per heavy atom. The summed E-state index contributed by atoms with van der Waals surface area (Å²) in [5.74, 6) is -0.526. The molecule has 0 bridgehead atoms. The van der Waals surface area contributed by atoms with Crippen LogP contribution in [0.5, 0.6) is 5.75 Å². The number of ether oxygens (including phenoxy) is 1. The number of amides is 1. The van der Waals surface area contributed by atoms with Gasteiger partial charge in [-0.3, -0.25) is 9.59 Å². The predicted octanol–water partition coefficient (Wildman–Crippen LogP) is 2.94. The molecule has 1 atom stereocenters. The number of aromatic nitrogens is 2. The molecule has 2 aromatic carbocycles. The van der Waals surface area contributed by atoms with E-state index in [0.717, 1.165) is 11.1 Å². The minimum absolute atomic E-state index is 0.208. The molecular formula is C22H22FN3O3. The van der Waals surface area contributed by atoms with Crippen molar-refractivity contribution in [2.75, 3.05) is 6.54 Å². The molecule has 0 fully saturated rings. The van der Waals surface area contributed by atoms with Gasteiger partial charge in [-0.25, -0.2) is 9.07 Å². The number of rotatable bonds is 7. The van der Waals surface area contributed by atoms with Crippen LogP contribution < -0.4 is 15.6 Å². The molecule has 1 amide bonds. The van der Waals surface area contributed by atoms with Gasteiger partial charge < -0.3 is 10.1 Å². The zero-order valence-corrected chi connectivity index (χ0v) is 16.3. The zero-order chi connectivity index (χ0) is 20.8. The minimum atomic E-state index is -0.805. The predicted molar refractivity (Wildman–Crippen MR) is 108 cm³/mol. The molecule has 0 radical (unpaired) electrons. The molecule has 150 valence electrons. The van der Waals surface area contributed by atoms with Gasteiger partial charge in [0.15, 0.2) is 6.10 Å². The third-order valence-electron chi connectivity index (χ3n) is 4.31. The number of carbonyl (C=O) groups is 1. The molecule has 1 unspecified atom stereocenters. The van der Waals surface area contributed by atoms with Crippen molar-refractivity contribution in [3.63, 3.8) is 0 Å². The van der Waals surface area contributed by atoms with Crippen LogP contribution in [0.4, 0.5) is 4.39 Å². The van der Waals surface area contributed by atoms with Gasteiger partial charge in [0.2, 0.25) is 0 Å². The SMILES string of the molecule is Cc1ccc(-c2ccc(=O)n(CCNC(=O)C(C)Oc3cccc(F)c3)n2)cc1. The van der Waals surface area contributed by atoms with E-state index in [4.69, 9.17) is 4.74 Å². The minimum Gasteiger partial charge on any atom is -0.481 e. The van der Waals surface area contributed by atoms with Gasteiger partial charge in [-0.1, -0.05) is 35.9 Å². The van der Waals surface area contributed by atoms with E-state index in [1.807, 2.05) is 31.2 Å². The summed E-state index contributed by atoms with van der Waals surface area (Å²) in [5.41, 5.74) is 2.47. The molecule has 0 aliphatic rings. The fraction of sp³-hybridized carbons (Fsp3) is 0.227. The van der Waals surface area contributed by atoms with E-state index in [-0.39, 0.29) is 30.3 Å². The van der Waals surface area contributed by atoms with E-state index in [2.05, 4.69) is 10.4 Å². The highest BCUT2D eigenvalue weighted by Gasteiger charge is 2.14. The highest BCUT2D eigenvalue weighted by molar-refractivity contribution is 5.80. The van der Waals surface area contributed by atoms with Crippen LogP contribution in [0, 0.1) is 12.7 Å². The number of nitrogens with zero attached hydrogens (tertiary/aromatic N) is 2. The Kier molecular flexibility index (Phi) is 6.39. The van der Waals surface area contributed by atoms with Crippen molar-refractivity contribution < 1.29 is 13.9 Å². The van der Waals surface area contributed by atoms with Gasteiger partial charge in [0.05, 0.1) is 12.2 Å². The normalized spacial score (nSPS) is 11.7. The average Bonchev–Trinajstić information content (AvgIpc) is 2.70. The third-order valence-corrected chi connectivity index (χ3v) is 4.31. The fourth-order valence-corrected chi connectivity index (χ4v) is 2.71. The first-order valence-corrected chi connectivity index (χ1v) is 9.27. The summed E-state index contributed by atoms with van der Waals surface area (Å²) in [4.78, 5) is 24.3. The first-order chi connectivity index (χ1) is 13.9. The average molecular weight is 395 g/mol. The van der Waals surface area contributed by atoms with Crippen LogP contribution in [-0.4, -0.2) is 28.3 Å². The Balaban J connectivity index is 1.58. The van der Waals surface area contributed by atoms with Gasteiger partial charge in [0.1, 0.15) is 11.6 Å². The van der Waals surface area contributed by atoms with Crippen molar-refractivity contribution in [3.8, 4) is 17.0 Å². The van der Waals surface area contributed by atoms with Crippen molar-refractivity contribution in [3.05, 3.63) is 82.4 Å². The number of benzene rings is 2. The van der Waals surface area contributed by atoms with Crippen LogP contribution >= 0.6 is 0 Å². The Morgan fingerprint density at radius 3 is 2.66 bits per heavy atom. The Morgan fingerprint density at radius 1 is 1.17 bits per heavy atom. The van der Waals surface area contributed by atoms with E-state index >= 15 is 0 Å². The second kappa shape index (κ2) is 9.14. The zero-order valence-electron chi connectivity index (χ0n) is 16.3. The van der Waals surface area contributed by atoms with E-state index in [1.54, 1.807) is 19.1 Å². The number of hydrogen-bond acceptors (Lipinski definition) is 4. The molecule has 1 aromatic heterocycles. The first-order valence-electron chi connectivity index (χ1n) is 9.27. The van der Waals surface area contributed by atoms with Gasteiger partial charge in [0, 0.05) is 24.2 Å². The molecule has 0 saturated carbocycles. The monoisotopic (exact) mass is 395 g/mol. The molecule has 6 nitrogen and oxygen atoms in total. The van der Waals surface area contributed by atoms with Gasteiger partial charge >= 0.3 is 0 Å². The van der Waals surface area contributed by atoms with Crippen LogP contribution in [0.25, 0.3) is 11.3 Å². The lowest BCUT2D eigenvalue weighted by Gasteiger charge is -2.15. The Hall–Kier alpha value is -3.48. The molecule has 0 aliphatic heterocycles. The van der Waals surface area contributed by atoms with Crippen molar-refractivity contribution in [2.45, 2.75) is 26.5 Å². The Bertz CT molecular complexity index is 1050. The standard InChI is InChI=1S/C22H22FN3O3/c1-15-6-8-17(9-7-15)20-10-11-21(27)26(25-20)13-12-24-22(28)16(2)29-19-5-3-4-18(23)14-19/h3-11,14,16H,12-13H2,1-2H3,(H,24,28). The lowest BCUT2D eigenvalue weighted by molar-refractivity contribution is -0.127. The molecule has 3 rings (SSSR count). The van der Waals surface area contributed by atoms with Crippen LogP contribution in [0.2, 0.25) is 0 Å². The molecular weight excluding hydrogens is 373 g/mol. The summed E-state index contributed by atoms with van der Waals surface area (Å²) in [6, 6.07) is 16.6. The number of nitrogens with one attached hydrogen (secondary N) is 1.